The molecule has 1 rings (SSSR count). The van der Waals surface area contributed by atoms with Gasteiger partial charge in [-0.15, -0.1) is 0 Å². The van der Waals surface area contributed by atoms with Crippen LogP contribution in [-0.4, -0.2) is 32.5 Å². The summed E-state index contributed by atoms with van der Waals surface area (Å²) >= 11 is 0. The van der Waals surface area contributed by atoms with E-state index < -0.39 is 10.0 Å². The monoisotopic (exact) mass is 243 g/mol. The molecule has 0 fully saturated rings. The zero-order valence-electron chi connectivity index (χ0n) is 8.80. The number of benzene rings is 1. The second-order valence-corrected chi connectivity index (χ2v) is 4.97. The summed E-state index contributed by atoms with van der Waals surface area (Å²) in [5.41, 5.74) is 0.459. The molecule has 0 saturated heterocycles. The molecule has 6 heteroatoms. The van der Waals surface area contributed by atoms with Crippen molar-refractivity contribution < 1.29 is 18.3 Å². The van der Waals surface area contributed by atoms with Crippen LogP contribution in [0.1, 0.15) is 17.3 Å². The van der Waals surface area contributed by atoms with Crippen LogP contribution in [0.15, 0.2) is 29.2 Å². The fraction of sp³-hybridized carbons (Fsp3) is 0.300. The summed E-state index contributed by atoms with van der Waals surface area (Å²) in [7, 11) is -3.59. The highest BCUT2D eigenvalue weighted by molar-refractivity contribution is 7.89. The minimum absolute atomic E-state index is 0.0310. The summed E-state index contributed by atoms with van der Waals surface area (Å²) < 4.78 is 25.3. The Bertz CT molecular complexity index is 464. The highest BCUT2D eigenvalue weighted by atomic mass is 32.2. The maximum absolute atomic E-state index is 11.6. The van der Waals surface area contributed by atoms with Crippen molar-refractivity contribution in [2.75, 3.05) is 13.2 Å². The third-order valence-electron chi connectivity index (χ3n) is 1.98. The zero-order chi connectivity index (χ0) is 12.2. The molecule has 0 radical (unpaired) electrons. The number of rotatable bonds is 5. The molecule has 0 aromatic heterocycles. The lowest BCUT2D eigenvalue weighted by atomic mass is 10.2. The van der Waals surface area contributed by atoms with Crippen molar-refractivity contribution in [3.63, 3.8) is 0 Å². The molecular formula is C10H13NO4S. The number of carbonyl (C=O) groups excluding carboxylic acids is 1. The molecule has 0 heterocycles. The van der Waals surface area contributed by atoms with Gasteiger partial charge in [0.05, 0.1) is 11.5 Å². The van der Waals surface area contributed by atoms with E-state index in [4.69, 9.17) is 5.11 Å². The van der Waals surface area contributed by atoms with Gasteiger partial charge in [0.2, 0.25) is 10.0 Å². The molecule has 1 aromatic carbocycles. The molecule has 0 bridgehead atoms. The third-order valence-corrected chi connectivity index (χ3v) is 3.45. The van der Waals surface area contributed by atoms with Crippen molar-refractivity contribution in [2.24, 2.45) is 0 Å². The SMILES string of the molecule is CC(=O)c1ccc(S(=O)(=O)NCCO)cc1. The minimum atomic E-state index is -3.59. The number of aliphatic hydroxyl groups excluding tert-OH is 1. The molecule has 16 heavy (non-hydrogen) atoms. The third kappa shape index (κ3) is 3.13. The smallest absolute Gasteiger partial charge is 0.240 e. The molecule has 2 N–H and O–H groups in total. The first-order valence-electron chi connectivity index (χ1n) is 4.69. The summed E-state index contributed by atoms with van der Waals surface area (Å²) in [5, 5.41) is 8.52. The molecule has 88 valence electrons. The molecule has 0 amide bonds. The van der Waals surface area contributed by atoms with Crippen molar-refractivity contribution in [3.8, 4) is 0 Å². The lowest BCUT2D eigenvalue weighted by Crippen LogP contribution is -2.26. The summed E-state index contributed by atoms with van der Waals surface area (Å²) in [4.78, 5) is 11.1. The summed E-state index contributed by atoms with van der Waals surface area (Å²) in [6.45, 7) is 1.12. The summed E-state index contributed by atoms with van der Waals surface area (Å²) in [5.74, 6) is -0.118. The fourth-order valence-electron chi connectivity index (χ4n) is 1.13. The lowest BCUT2D eigenvalue weighted by Gasteiger charge is -2.05. The maximum atomic E-state index is 11.6. The number of hydrogen-bond acceptors (Lipinski definition) is 4. The number of carbonyl (C=O) groups is 1. The number of nitrogens with one attached hydrogen (secondary N) is 1. The van der Waals surface area contributed by atoms with E-state index in [0.717, 1.165) is 0 Å². The zero-order valence-corrected chi connectivity index (χ0v) is 9.62. The van der Waals surface area contributed by atoms with Gasteiger partial charge in [-0.05, 0) is 19.1 Å². The van der Waals surface area contributed by atoms with E-state index in [2.05, 4.69) is 4.72 Å². The van der Waals surface area contributed by atoms with Gasteiger partial charge in [0.25, 0.3) is 0 Å². The first-order valence-corrected chi connectivity index (χ1v) is 6.17. The van der Waals surface area contributed by atoms with Crippen LogP contribution < -0.4 is 4.72 Å². The van der Waals surface area contributed by atoms with E-state index in [1.807, 2.05) is 0 Å². The molecule has 0 saturated carbocycles. The maximum Gasteiger partial charge on any atom is 0.240 e. The molecule has 0 atom stereocenters. The van der Waals surface area contributed by atoms with Crippen LogP contribution in [0.25, 0.3) is 0 Å². The minimum Gasteiger partial charge on any atom is -0.395 e. The van der Waals surface area contributed by atoms with Crippen LogP contribution in [0.4, 0.5) is 0 Å². The fourth-order valence-corrected chi connectivity index (χ4v) is 2.15. The van der Waals surface area contributed by atoms with Crippen LogP contribution in [0.3, 0.4) is 0 Å². The number of sulfonamides is 1. The predicted molar refractivity (Wildman–Crippen MR) is 58.7 cm³/mol. The van der Waals surface area contributed by atoms with Crippen molar-refractivity contribution >= 4 is 15.8 Å². The van der Waals surface area contributed by atoms with E-state index in [-0.39, 0.29) is 23.8 Å². The van der Waals surface area contributed by atoms with Gasteiger partial charge < -0.3 is 5.11 Å². The summed E-state index contributed by atoms with van der Waals surface area (Å²) in [6.07, 6.45) is 0. The van der Waals surface area contributed by atoms with Crippen LogP contribution in [-0.2, 0) is 10.0 Å². The predicted octanol–water partition coefficient (Wildman–Crippen LogP) is 0.160. The van der Waals surface area contributed by atoms with Gasteiger partial charge in [-0.25, -0.2) is 13.1 Å². The van der Waals surface area contributed by atoms with Gasteiger partial charge in [0.15, 0.2) is 5.78 Å². The van der Waals surface area contributed by atoms with E-state index >= 15 is 0 Å². The highest BCUT2D eigenvalue weighted by Crippen LogP contribution is 2.10. The molecule has 1 aromatic rings. The first kappa shape index (κ1) is 12.8. The Morgan fingerprint density at radius 2 is 1.88 bits per heavy atom. The van der Waals surface area contributed by atoms with E-state index in [9.17, 15) is 13.2 Å². The number of hydrogen-bond donors (Lipinski definition) is 2. The van der Waals surface area contributed by atoms with Crippen molar-refractivity contribution in [3.05, 3.63) is 29.8 Å². The van der Waals surface area contributed by atoms with E-state index in [0.29, 0.717) is 5.56 Å². The van der Waals surface area contributed by atoms with Crippen LogP contribution in [0, 0.1) is 0 Å². The number of aliphatic hydroxyl groups is 1. The van der Waals surface area contributed by atoms with Gasteiger partial charge in [-0.2, -0.15) is 0 Å². The Morgan fingerprint density at radius 1 is 1.31 bits per heavy atom. The van der Waals surface area contributed by atoms with Crippen molar-refractivity contribution in [1.82, 2.24) is 4.72 Å². The van der Waals surface area contributed by atoms with E-state index in [1.165, 1.54) is 31.2 Å². The van der Waals surface area contributed by atoms with Crippen LogP contribution in [0.2, 0.25) is 0 Å². The molecular weight excluding hydrogens is 230 g/mol. The van der Waals surface area contributed by atoms with Gasteiger partial charge in [0, 0.05) is 12.1 Å². The lowest BCUT2D eigenvalue weighted by molar-refractivity contribution is 0.101. The molecule has 0 spiro atoms. The van der Waals surface area contributed by atoms with Gasteiger partial charge in [-0.1, -0.05) is 12.1 Å². The second-order valence-electron chi connectivity index (χ2n) is 3.20. The molecule has 0 unspecified atom stereocenters. The highest BCUT2D eigenvalue weighted by Gasteiger charge is 2.12. The Labute approximate surface area is 94.2 Å². The second kappa shape index (κ2) is 5.20. The quantitative estimate of drug-likeness (QED) is 0.722. The molecule has 0 aliphatic heterocycles. The van der Waals surface area contributed by atoms with Crippen LogP contribution in [0.5, 0.6) is 0 Å². The first-order chi connectivity index (χ1) is 7.47. The van der Waals surface area contributed by atoms with Crippen molar-refractivity contribution in [2.45, 2.75) is 11.8 Å². The van der Waals surface area contributed by atoms with Gasteiger partial charge >= 0.3 is 0 Å². The number of ketones is 1. The Morgan fingerprint density at radius 3 is 2.31 bits per heavy atom. The molecule has 0 aliphatic carbocycles. The largest absolute Gasteiger partial charge is 0.395 e. The van der Waals surface area contributed by atoms with Gasteiger partial charge in [-0.3, -0.25) is 4.79 Å². The average molecular weight is 243 g/mol. The summed E-state index contributed by atoms with van der Waals surface area (Å²) in [6, 6.07) is 5.62. The van der Waals surface area contributed by atoms with Crippen molar-refractivity contribution in [1.29, 1.82) is 0 Å². The molecule has 0 aliphatic rings. The Kier molecular flexibility index (Phi) is 4.17. The Balaban J connectivity index is 2.93. The average Bonchev–Trinajstić information content (AvgIpc) is 2.26. The van der Waals surface area contributed by atoms with Gasteiger partial charge in [0.1, 0.15) is 0 Å². The normalized spacial score (nSPS) is 11.4. The van der Waals surface area contributed by atoms with E-state index in [1.54, 1.807) is 0 Å². The Hall–Kier alpha value is -1.24. The number of Topliss-reactive ketones (excluding diaryl/α,β-unsaturated/α-hetero) is 1. The standard InChI is InChI=1S/C10H13NO4S/c1-8(13)9-2-4-10(5-3-9)16(14,15)11-6-7-12/h2-5,11-12H,6-7H2,1H3. The van der Waals surface area contributed by atoms with Crippen LogP contribution >= 0.6 is 0 Å². The topological polar surface area (TPSA) is 83.5 Å². The molecule has 5 nitrogen and oxygen atoms in total.